The second-order valence-corrected chi connectivity index (χ2v) is 4.33. The molecule has 1 unspecified atom stereocenters. The van der Waals surface area contributed by atoms with Crippen molar-refractivity contribution in [1.82, 2.24) is 10.5 Å². The van der Waals surface area contributed by atoms with Gasteiger partial charge >= 0.3 is 0 Å². The first-order valence-corrected chi connectivity index (χ1v) is 5.71. The standard InChI is InChI=1S/C11H16N2O2/c1-2-8(12-4-1)6-11-9-7-14-5-3-10(9)13-15-11/h8,12H,1-7H2. The molecule has 3 heterocycles. The SMILES string of the molecule is C1CNC(Cc2onc3c2COCC3)C1. The summed E-state index contributed by atoms with van der Waals surface area (Å²) in [6, 6.07) is 0.573. The number of fused-ring (bicyclic) bond motifs is 1. The van der Waals surface area contributed by atoms with E-state index in [9.17, 15) is 0 Å². The van der Waals surface area contributed by atoms with Crippen molar-refractivity contribution in [2.75, 3.05) is 13.2 Å². The summed E-state index contributed by atoms with van der Waals surface area (Å²) in [4.78, 5) is 0. The molecule has 2 aliphatic heterocycles. The van der Waals surface area contributed by atoms with Gasteiger partial charge in [0, 0.05) is 24.4 Å². The summed E-state index contributed by atoms with van der Waals surface area (Å²) in [5, 5.41) is 7.59. The predicted octanol–water partition coefficient (Wildman–Crippen LogP) is 1.04. The van der Waals surface area contributed by atoms with E-state index in [4.69, 9.17) is 9.26 Å². The predicted molar refractivity (Wildman–Crippen MR) is 54.6 cm³/mol. The van der Waals surface area contributed by atoms with Crippen LogP contribution in [0.25, 0.3) is 0 Å². The highest BCUT2D eigenvalue weighted by Gasteiger charge is 2.23. The molecule has 1 aromatic heterocycles. The molecule has 0 radical (unpaired) electrons. The van der Waals surface area contributed by atoms with E-state index in [0.717, 1.165) is 37.4 Å². The Morgan fingerprint density at radius 3 is 3.33 bits per heavy atom. The minimum atomic E-state index is 0.573. The summed E-state index contributed by atoms with van der Waals surface area (Å²) in [6.45, 7) is 2.60. The first kappa shape index (κ1) is 9.36. The van der Waals surface area contributed by atoms with Crippen LogP contribution in [0.5, 0.6) is 0 Å². The Balaban J connectivity index is 1.76. The molecule has 3 rings (SSSR count). The van der Waals surface area contributed by atoms with Gasteiger partial charge in [0.2, 0.25) is 0 Å². The number of ether oxygens (including phenoxy) is 1. The van der Waals surface area contributed by atoms with Crippen molar-refractivity contribution in [2.45, 2.75) is 38.3 Å². The molecular formula is C11H16N2O2. The zero-order valence-electron chi connectivity index (χ0n) is 8.79. The zero-order chi connectivity index (χ0) is 10.1. The van der Waals surface area contributed by atoms with Crippen molar-refractivity contribution in [2.24, 2.45) is 0 Å². The lowest BCUT2D eigenvalue weighted by Gasteiger charge is -2.12. The number of hydrogen-bond donors (Lipinski definition) is 1. The van der Waals surface area contributed by atoms with Crippen LogP contribution in [0, 0.1) is 0 Å². The molecule has 4 nitrogen and oxygen atoms in total. The van der Waals surface area contributed by atoms with Gasteiger partial charge in [-0.05, 0) is 19.4 Å². The smallest absolute Gasteiger partial charge is 0.144 e. The van der Waals surface area contributed by atoms with Gasteiger partial charge in [-0.3, -0.25) is 0 Å². The number of hydrogen-bond acceptors (Lipinski definition) is 4. The highest BCUT2D eigenvalue weighted by atomic mass is 16.5. The average molecular weight is 208 g/mol. The molecule has 4 heteroatoms. The molecule has 1 aromatic rings. The van der Waals surface area contributed by atoms with Gasteiger partial charge in [0.05, 0.1) is 18.9 Å². The Hall–Kier alpha value is -0.870. The fourth-order valence-electron chi connectivity index (χ4n) is 2.40. The highest BCUT2D eigenvalue weighted by molar-refractivity contribution is 5.24. The Morgan fingerprint density at radius 1 is 1.47 bits per heavy atom. The van der Waals surface area contributed by atoms with Gasteiger partial charge in [-0.15, -0.1) is 0 Å². The Bertz CT molecular complexity index is 342. The lowest BCUT2D eigenvalue weighted by Crippen LogP contribution is -2.24. The fraction of sp³-hybridized carbons (Fsp3) is 0.727. The molecule has 0 amide bonds. The molecule has 0 aliphatic carbocycles. The molecule has 1 atom stereocenters. The fourth-order valence-corrected chi connectivity index (χ4v) is 2.40. The summed E-state index contributed by atoms with van der Waals surface area (Å²) >= 11 is 0. The molecule has 1 fully saturated rings. The van der Waals surface area contributed by atoms with E-state index in [1.54, 1.807) is 0 Å². The maximum atomic E-state index is 5.44. The summed E-state index contributed by atoms with van der Waals surface area (Å²) in [5.41, 5.74) is 2.31. The second-order valence-electron chi connectivity index (χ2n) is 4.33. The first-order valence-electron chi connectivity index (χ1n) is 5.71. The second kappa shape index (κ2) is 3.94. The van der Waals surface area contributed by atoms with Crippen molar-refractivity contribution in [1.29, 1.82) is 0 Å². The van der Waals surface area contributed by atoms with Crippen LogP contribution in [0.1, 0.15) is 29.9 Å². The van der Waals surface area contributed by atoms with Crippen LogP contribution in [0.2, 0.25) is 0 Å². The van der Waals surface area contributed by atoms with Crippen LogP contribution in [-0.2, 0) is 24.2 Å². The van der Waals surface area contributed by atoms with Crippen molar-refractivity contribution >= 4 is 0 Å². The van der Waals surface area contributed by atoms with Crippen LogP contribution >= 0.6 is 0 Å². The molecule has 0 saturated carbocycles. The van der Waals surface area contributed by atoms with Gasteiger partial charge in [0.1, 0.15) is 5.76 Å². The zero-order valence-corrected chi connectivity index (χ0v) is 8.79. The molecular weight excluding hydrogens is 192 g/mol. The Kier molecular flexibility index (Phi) is 2.46. The Morgan fingerprint density at radius 2 is 2.47 bits per heavy atom. The lowest BCUT2D eigenvalue weighted by molar-refractivity contribution is 0.109. The van der Waals surface area contributed by atoms with Crippen LogP contribution in [-0.4, -0.2) is 24.4 Å². The van der Waals surface area contributed by atoms with Gasteiger partial charge in [-0.25, -0.2) is 0 Å². The summed E-state index contributed by atoms with van der Waals surface area (Å²) < 4.78 is 10.8. The third kappa shape index (κ3) is 1.79. The van der Waals surface area contributed by atoms with Crippen LogP contribution in [0.3, 0.4) is 0 Å². The molecule has 0 bridgehead atoms. The summed E-state index contributed by atoms with van der Waals surface area (Å²) in [6.07, 6.45) is 4.39. The molecule has 0 spiro atoms. The summed E-state index contributed by atoms with van der Waals surface area (Å²) in [5.74, 6) is 1.03. The van der Waals surface area contributed by atoms with Gasteiger partial charge < -0.3 is 14.6 Å². The van der Waals surface area contributed by atoms with E-state index in [-0.39, 0.29) is 0 Å². The highest BCUT2D eigenvalue weighted by Crippen LogP contribution is 2.22. The van der Waals surface area contributed by atoms with E-state index < -0.39 is 0 Å². The van der Waals surface area contributed by atoms with E-state index >= 15 is 0 Å². The third-order valence-corrected chi connectivity index (χ3v) is 3.27. The number of nitrogens with one attached hydrogen (secondary N) is 1. The average Bonchev–Trinajstić information content (AvgIpc) is 2.89. The monoisotopic (exact) mass is 208 g/mol. The van der Waals surface area contributed by atoms with Crippen molar-refractivity contribution in [3.05, 3.63) is 17.0 Å². The quantitative estimate of drug-likeness (QED) is 0.789. The molecule has 1 saturated heterocycles. The topological polar surface area (TPSA) is 47.3 Å². The minimum absolute atomic E-state index is 0.573. The van der Waals surface area contributed by atoms with E-state index in [2.05, 4.69) is 10.5 Å². The van der Waals surface area contributed by atoms with Crippen LogP contribution in [0.4, 0.5) is 0 Å². The first-order chi connectivity index (χ1) is 7.43. The molecule has 15 heavy (non-hydrogen) atoms. The normalized spacial score (nSPS) is 25.5. The van der Waals surface area contributed by atoms with Crippen LogP contribution in [0.15, 0.2) is 4.52 Å². The lowest BCUT2D eigenvalue weighted by atomic mass is 10.0. The maximum Gasteiger partial charge on any atom is 0.144 e. The number of nitrogens with zero attached hydrogens (tertiary/aromatic N) is 1. The maximum absolute atomic E-state index is 5.44. The van der Waals surface area contributed by atoms with E-state index in [0.29, 0.717) is 12.6 Å². The van der Waals surface area contributed by atoms with Crippen molar-refractivity contribution < 1.29 is 9.26 Å². The van der Waals surface area contributed by atoms with E-state index in [1.165, 1.54) is 18.4 Å². The molecule has 0 aromatic carbocycles. The molecule has 2 aliphatic rings. The molecule has 1 N–H and O–H groups in total. The van der Waals surface area contributed by atoms with E-state index in [1.807, 2.05) is 0 Å². The van der Waals surface area contributed by atoms with Crippen molar-refractivity contribution in [3.63, 3.8) is 0 Å². The number of rotatable bonds is 2. The summed E-state index contributed by atoms with van der Waals surface area (Å²) in [7, 11) is 0. The van der Waals surface area contributed by atoms with Gasteiger partial charge in [0.25, 0.3) is 0 Å². The largest absolute Gasteiger partial charge is 0.376 e. The third-order valence-electron chi connectivity index (χ3n) is 3.27. The molecule has 82 valence electrons. The minimum Gasteiger partial charge on any atom is -0.376 e. The van der Waals surface area contributed by atoms with Gasteiger partial charge in [0.15, 0.2) is 0 Å². The van der Waals surface area contributed by atoms with Crippen molar-refractivity contribution in [3.8, 4) is 0 Å². The Labute approximate surface area is 89.0 Å². The van der Waals surface area contributed by atoms with Gasteiger partial charge in [-0.2, -0.15) is 0 Å². The number of aromatic nitrogens is 1. The van der Waals surface area contributed by atoms with Gasteiger partial charge in [-0.1, -0.05) is 5.16 Å². The van der Waals surface area contributed by atoms with Crippen LogP contribution < -0.4 is 5.32 Å².